The zero-order chi connectivity index (χ0) is 21.9. The van der Waals surface area contributed by atoms with Gasteiger partial charge in [-0.15, -0.1) is 0 Å². The second-order valence-electron chi connectivity index (χ2n) is 9.09. The molecule has 0 heterocycles. The summed E-state index contributed by atoms with van der Waals surface area (Å²) in [5.74, 6) is -0.189. The topological polar surface area (TPSA) is 121 Å². The molecular weight excluding hydrogens is 360 g/mol. The number of hydrogen-bond acceptors (Lipinski definition) is 6. The van der Waals surface area contributed by atoms with Crippen LogP contribution in [0.1, 0.15) is 79.6 Å². The van der Waals surface area contributed by atoms with Crippen LogP contribution in [-0.4, -0.2) is 67.8 Å². The summed E-state index contributed by atoms with van der Waals surface area (Å²) in [5.41, 5.74) is 0. The third-order valence-electron chi connectivity index (χ3n) is 6.36. The van der Waals surface area contributed by atoms with Crippen molar-refractivity contribution in [3.05, 3.63) is 0 Å². The molecular formula is C22H46O6. The molecule has 0 spiro atoms. The Morgan fingerprint density at radius 1 is 0.607 bits per heavy atom. The van der Waals surface area contributed by atoms with E-state index in [0.717, 1.165) is 19.3 Å². The van der Waals surface area contributed by atoms with Gasteiger partial charge in [0.25, 0.3) is 0 Å². The predicted octanol–water partition coefficient (Wildman–Crippen LogP) is 2.08. The molecule has 0 aromatic rings. The molecule has 170 valence electrons. The highest BCUT2D eigenvalue weighted by Gasteiger charge is 2.24. The molecule has 0 aromatic heterocycles. The highest BCUT2D eigenvalue weighted by atomic mass is 16.3. The second kappa shape index (κ2) is 14.7. The first-order valence-electron chi connectivity index (χ1n) is 11.0. The van der Waals surface area contributed by atoms with E-state index in [-0.39, 0.29) is 36.7 Å². The zero-order valence-corrected chi connectivity index (χ0v) is 18.5. The van der Waals surface area contributed by atoms with E-state index in [1.54, 1.807) is 13.8 Å². The Morgan fingerprint density at radius 2 is 1.14 bits per heavy atom. The number of unbranched alkanes of at least 4 members (excludes halogenated alkanes) is 1. The second-order valence-corrected chi connectivity index (χ2v) is 9.09. The van der Waals surface area contributed by atoms with Gasteiger partial charge in [0.15, 0.2) is 0 Å². The average molecular weight is 407 g/mol. The molecule has 0 aromatic carbocycles. The number of rotatable bonds is 16. The fraction of sp³-hybridized carbons (Fsp3) is 1.00. The summed E-state index contributed by atoms with van der Waals surface area (Å²) < 4.78 is 0. The van der Waals surface area contributed by atoms with Crippen molar-refractivity contribution in [3.8, 4) is 0 Å². The van der Waals surface area contributed by atoms with Crippen LogP contribution in [-0.2, 0) is 0 Å². The van der Waals surface area contributed by atoms with Gasteiger partial charge in [-0.2, -0.15) is 0 Å². The number of hydrogen-bond donors (Lipinski definition) is 6. The Bertz CT molecular complexity index is 378. The summed E-state index contributed by atoms with van der Waals surface area (Å²) >= 11 is 0. The molecule has 6 nitrogen and oxygen atoms in total. The van der Waals surface area contributed by atoms with Gasteiger partial charge in [0.05, 0.1) is 30.5 Å². The number of aliphatic hydroxyl groups is 6. The Labute approximate surface area is 171 Å². The van der Waals surface area contributed by atoms with Gasteiger partial charge in [-0.1, -0.05) is 40.5 Å². The first-order valence-corrected chi connectivity index (χ1v) is 11.0. The Balaban J connectivity index is 4.06. The van der Waals surface area contributed by atoms with Crippen molar-refractivity contribution in [2.75, 3.05) is 6.61 Å². The normalized spacial score (nSPS) is 22.0. The minimum absolute atomic E-state index is 0.0755. The van der Waals surface area contributed by atoms with E-state index in [2.05, 4.69) is 0 Å². The van der Waals surface area contributed by atoms with E-state index in [9.17, 15) is 25.5 Å². The number of aliphatic hydroxyl groups excluding tert-OH is 6. The quantitative estimate of drug-likeness (QED) is 0.218. The fourth-order valence-corrected chi connectivity index (χ4v) is 3.52. The summed E-state index contributed by atoms with van der Waals surface area (Å²) in [5, 5.41) is 59.0. The fourth-order valence-electron chi connectivity index (χ4n) is 3.52. The maximum Gasteiger partial charge on any atom is 0.0612 e. The largest absolute Gasteiger partial charge is 0.396 e. The molecule has 0 rings (SSSR count). The van der Waals surface area contributed by atoms with Gasteiger partial charge < -0.3 is 30.6 Å². The molecule has 0 saturated carbocycles. The molecule has 0 amide bonds. The summed E-state index contributed by atoms with van der Waals surface area (Å²) in [7, 11) is 0. The highest BCUT2D eigenvalue weighted by molar-refractivity contribution is 4.75. The van der Waals surface area contributed by atoms with Gasteiger partial charge >= 0.3 is 0 Å². The average Bonchev–Trinajstić information content (AvgIpc) is 2.66. The van der Waals surface area contributed by atoms with Crippen molar-refractivity contribution in [2.24, 2.45) is 23.7 Å². The molecule has 9 atom stereocenters. The molecule has 0 aliphatic heterocycles. The molecule has 6 N–H and O–H groups in total. The van der Waals surface area contributed by atoms with Crippen LogP contribution in [0.2, 0.25) is 0 Å². The first-order chi connectivity index (χ1) is 13.0. The molecule has 0 bridgehead atoms. The van der Waals surface area contributed by atoms with Gasteiger partial charge in [0, 0.05) is 18.4 Å². The summed E-state index contributed by atoms with van der Waals surface area (Å²) in [6, 6.07) is 0. The molecule has 6 heteroatoms. The van der Waals surface area contributed by atoms with E-state index in [4.69, 9.17) is 5.11 Å². The van der Waals surface area contributed by atoms with Crippen LogP contribution >= 0.6 is 0 Å². The summed E-state index contributed by atoms with van der Waals surface area (Å²) in [4.78, 5) is 0. The van der Waals surface area contributed by atoms with Gasteiger partial charge in [-0.25, -0.2) is 0 Å². The van der Waals surface area contributed by atoms with Crippen LogP contribution < -0.4 is 0 Å². The molecule has 0 radical (unpaired) electrons. The van der Waals surface area contributed by atoms with Crippen LogP contribution in [0.5, 0.6) is 0 Å². The third kappa shape index (κ3) is 11.1. The van der Waals surface area contributed by atoms with Crippen molar-refractivity contribution < 1.29 is 30.6 Å². The van der Waals surface area contributed by atoms with Crippen molar-refractivity contribution >= 4 is 0 Å². The molecule has 9 unspecified atom stereocenters. The van der Waals surface area contributed by atoms with Gasteiger partial charge in [0.1, 0.15) is 0 Å². The Hall–Kier alpha value is -0.240. The van der Waals surface area contributed by atoms with E-state index in [1.807, 2.05) is 20.8 Å². The van der Waals surface area contributed by atoms with Crippen LogP contribution in [0.3, 0.4) is 0 Å². The molecule has 0 saturated heterocycles. The van der Waals surface area contributed by atoms with Crippen LogP contribution in [0.4, 0.5) is 0 Å². The van der Waals surface area contributed by atoms with Crippen LogP contribution in [0, 0.1) is 23.7 Å². The lowest BCUT2D eigenvalue weighted by molar-refractivity contribution is 0.0115. The van der Waals surface area contributed by atoms with Crippen molar-refractivity contribution in [1.29, 1.82) is 0 Å². The van der Waals surface area contributed by atoms with Crippen LogP contribution in [0.25, 0.3) is 0 Å². The van der Waals surface area contributed by atoms with Crippen LogP contribution in [0.15, 0.2) is 0 Å². The molecule has 0 fully saturated rings. The van der Waals surface area contributed by atoms with Gasteiger partial charge in [-0.3, -0.25) is 0 Å². The lowest BCUT2D eigenvalue weighted by Gasteiger charge is -2.27. The Morgan fingerprint density at radius 3 is 1.68 bits per heavy atom. The van der Waals surface area contributed by atoms with E-state index in [1.165, 1.54) is 0 Å². The van der Waals surface area contributed by atoms with E-state index < -0.39 is 30.5 Å². The standard InChI is InChI=1S/C22H46O6/c1-14(8-6-7-9-19(25)12-21(27)16(3)13-23)22(28)15(2)10-11-20(26)17(4)18(5)24/h14-28H,6-13H2,1-5H3. The molecule has 0 aliphatic carbocycles. The van der Waals surface area contributed by atoms with Crippen molar-refractivity contribution in [2.45, 2.75) is 110 Å². The summed E-state index contributed by atoms with van der Waals surface area (Å²) in [6.07, 6.45) is 1.96. The lowest BCUT2D eigenvalue weighted by atomic mass is 9.85. The van der Waals surface area contributed by atoms with E-state index >= 15 is 0 Å². The highest BCUT2D eigenvalue weighted by Crippen LogP contribution is 2.25. The maximum atomic E-state index is 10.5. The zero-order valence-electron chi connectivity index (χ0n) is 18.5. The minimum atomic E-state index is -0.687. The van der Waals surface area contributed by atoms with Crippen molar-refractivity contribution in [3.63, 3.8) is 0 Å². The predicted molar refractivity (Wildman–Crippen MR) is 112 cm³/mol. The molecule has 0 aliphatic rings. The van der Waals surface area contributed by atoms with Crippen molar-refractivity contribution in [1.82, 2.24) is 0 Å². The monoisotopic (exact) mass is 406 g/mol. The van der Waals surface area contributed by atoms with Gasteiger partial charge in [0.2, 0.25) is 0 Å². The Kier molecular flexibility index (Phi) is 14.6. The first kappa shape index (κ1) is 27.8. The SMILES string of the molecule is CC(O)C(C)C(O)CCC(C)C(O)C(C)CCCCC(O)CC(O)C(C)CO. The van der Waals surface area contributed by atoms with Gasteiger partial charge in [-0.05, 0) is 50.9 Å². The summed E-state index contributed by atoms with van der Waals surface area (Å²) in [6.45, 7) is 9.20. The maximum absolute atomic E-state index is 10.5. The minimum Gasteiger partial charge on any atom is -0.396 e. The smallest absolute Gasteiger partial charge is 0.0612 e. The lowest BCUT2D eigenvalue weighted by Crippen LogP contribution is -2.30. The van der Waals surface area contributed by atoms with E-state index in [0.29, 0.717) is 19.3 Å². The third-order valence-corrected chi connectivity index (χ3v) is 6.36. The molecule has 28 heavy (non-hydrogen) atoms.